The molecular formula is C29H34N6O3S. The maximum Gasteiger partial charge on any atom is 0.245 e. The van der Waals surface area contributed by atoms with Gasteiger partial charge in [-0.3, -0.25) is 0 Å². The summed E-state index contributed by atoms with van der Waals surface area (Å²) in [7, 11) is -1.85. The molecule has 0 aliphatic carbocycles. The van der Waals surface area contributed by atoms with Crippen molar-refractivity contribution >= 4 is 27.2 Å². The molecule has 0 saturated carbocycles. The molecule has 0 spiro atoms. The predicted octanol–water partition coefficient (Wildman–Crippen LogP) is 3.97. The lowest BCUT2D eigenvalue weighted by atomic mass is 10.0. The monoisotopic (exact) mass is 546 g/mol. The highest BCUT2D eigenvalue weighted by molar-refractivity contribution is 7.89. The predicted molar refractivity (Wildman–Crippen MR) is 152 cm³/mol. The summed E-state index contributed by atoms with van der Waals surface area (Å²) in [6.07, 6.45) is 5.55. The second-order valence-corrected chi connectivity index (χ2v) is 12.1. The lowest BCUT2D eigenvalue weighted by molar-refractivity contribution is 0.150. The van der Waals surface area contributed by atoms with E-state index >= 15 is 0 Å². The van der Waals surface area contributed by atoms with E-state index in [1.807, 2.05) is 24.3 Å². The Morgan fingerprint density at radius 3 is 2.56 bits per heavy atom. The first-order valence-corrected chi connectivity index (χ1v) is 15.0. The largest absolute Gasteiger partial charge is 0.383 e. The first-order chi connectivity index (χ1) is 19.0. The van der Waals surface area contributed by atoms with Gasteiger partial charge in [0, 0.05) is 51.1 Å². The van der Waals surface area contributed by atoms with Crippen molar-refractivity contribution in [3.63, 3.8) is 0 Å². The van der Waals surface area contributed by atoms with Crippen molar-refractivity contribution in [1.82, 2.24) is 23.8 Å². The van der Waals surface area contributed by atoms with Crippen LogP contribution in [0.3, 0.4) is 0 Å². The van der Waals surface area contributed by atoms with Crippen LogP contribution >= 0.6 is 0 Å². The van der Waals surface area contributed by atoms with E-state index in [9.17, 15) is 8.42 Å². The summed E-state index contributed by atoms with van der Waals surface area (Å²) < 4.78 is 35.5. The van der Waals surface area contributed by atoms with Crippen LogP contribution in [0.15, 0.2) is 65.7 Å². The number of nitrogens with one attached hydrogen (secondary N) is 1. The van der Waals surface area contributed by atoms with Crippen molar-refractivity contribution in [1.29, 1.82) is 0 Å². The molecule has 4 aromatic rings. The normalized spacial score (nSPS) is 16.8. The molecule has 2 aromatic heterocycles. The van der Waals surface area contributed by atoms with E-state index in [0.717, 1.165) is 63.1 Å². The highest BCUT2D eigenvalue weighted by atomic mass is 32.2. The summed E-state index contributed by atoms with van der Waals surface area (Å²) in [6, 6.07) is 17.5. The van der Waals surface area contributed by atoms with Gasteiger partial charge >= 0.3 is 0 Å². The minimum atomic E-state index is -3.59. The average molecular weight is 547 g/mol. The number of nitrogens with zero attached hydrogens (tertiary/aromatic N) is 5. The van der Waals surface area contributed by atoms with Crippen LogP contribution in [0.2, 0.25) is 0 Å². The van der Waals surface area contributed by atoms with Gasteiger partial charge in [0.05, 0.1) is 28.9 Å². The minimum absolute atomic E-state index is 0.310. The number of hydrogen-bond acceptors (Lipinski definition) is 7. The van der Waals surface area contributed by atoms with Gasteiger partial charge in [-0.15, -0.1) is 5.10 Å². The quantitative estimate of drug-likeness (QED) is 0.358. The molecule has 204 valence electrons. The first kappa shape index (κ1) is 25.9. The van der Waals surface area contributed by atoms with Crippen LogP contribution in [0.5, 0.6) is 0 Å². The summed E-state index contributed by atoms with van der Waals surface area (Å²) in [5.74, 6) is 0.454. The molecule has 9 nitrogen and oxygen atoms in total. The molecule has 1 N–H and O–H groups in total. The molecule has 1 saturated heterocycles. The van der Waals surface area contributed by atoms with Crippen molar-refractivity contribution in [2.75, 3.05) is 51.8 Å². The Morgan fingerprint density at radius 2 is 1.74 bits per heavy atom. The van der Waals surface area contributed by atoms with Crippen molar-refractivity contribution in [3.05, 3.63) is 71.9 Å². The Morgan fingerprint density at radius 1 is 0.949 bits per heavy atom. The third-order valence-electron chi connectivity index (χ3n) is 7.71. The topological polar surface area (TPSA) is 92.1 Å². The summed E-state index contributed by atoms with van der Waals surface area (Å²) in [5.41, 5.74) is 5.79. The number of hydrogen-bond donors (Lipinski definition) is 1. The van der Waals surface area contributed by atoms with Gasteiger partial charge in [-0.25, -0.2) is 17.9 Å². The first-order valence-electron chi connectivity index (χ1n) is 13.6. The van der Waals surface area contributed by atoms with E-state index in [2.05, 4.69) is 33.4 Å². The van der Waals surface area contributed by atoms with Gasteiger partial charge in [-0.2, -0.15) is 4.31 Å². The number of aromatic nitrogens is 3. The van der Waals surface area contributed by atoms with E-state index in [1.54, 1.807) is 34.3 Å². The lowest BCUT2D eigenvalue weighted by Gasteiger charge is -2.18. The van der Waals surface area contributed by atoms with E-state index in [-0.39, 0.29) is 0 Å². The molecule has 6 rings (SSSR count). The Bertz CT molecular complexity index is 1580. The average Bonchev–Trinajstić information content (AvgIpc) is 3.60. The van der Waals surface area contributed by atoms with E-state index in [4.69, 9.17) is 9.84 Å². The molecule has 4 heterocycles. The lowest BCUT2D eigenvalue weighted by Crippen LogP contribution is -2.29. The van der Waals surface area contributed by atoms with Crippen LogP contribution in [0.25, 0.3) is 16.8 Å². The van der Waals surface area contributed by atoms with Gasteiger partial charge < -0.3 is 15.0 Å². The molecule has 0 radical (unpaired) electrons. The molecule has 1 fully saturated rings. The molecular weight excluding hydrogens is 512 g/mol. The molecule has 0 atom stereocenters. The second-order valence-electron chi connectivity index (χ2n) is 10.2. The standard InChI is InChI=1S/C29H34N6O3S/c1-38-19-18-33-16-12-22-8-9-24(20-23(22)13-17-33)31-29-30-21-25-10-11-27(35(25)32-29)26-6-2-3-7-28(26)39(36,37)34-14-4-5-15-34/h2-3,6-11,20-21H,4-5,12-19H2,1H3,(H,31,32). The summed E-state index contributed by atoms with van der Waals surface area (Å²) in [4.78, 5) is 7.29. The molecule has 10 heteroatoms. The second kappa shape index (κ2) is 11.1. The number of fused-ring (bicyclic) bond motifs is 2. The number of rotatable bonds is 8. The van der Waals surface area contributed by atoms with Gasteiger partial charge in [-0.05, 0) is 67.1 Å². The van der Waals surface area contributed by atoms with Crippen molar-refractivity contribution in [2.45, 2.75) is 30.6 Å². The van der Waals surface area contributed by atoms with Crippen LogP contribution in [-0.2, 0) is 27.6 Å². The zero-order valence-corrected chi connectivity index (χ0v) is 23.0. The summed E-state index contributed by atoms with van der Waals surface area (Å²) >= 11 is 0. The summed E-state index contributed by atoms with van der Waals surface area (Å²) in [6.45, 7) is 4.87. The van der Waals surface area contributed by atoms with E-state index in [0.29, 0.717) is 35.2 Å². The molecule has 2 aliphatic rings. The van der Waals surface area contributed by atoms with Gasteiger partial charge in [0.2, 0.25) is 16.0 Å². The van der Waals surface area contributed by atoms with Crippen LogP contribution in [0, 0.1) is 0 Å². The molecule has 39 heavy (non-hydrogen) atoms. The number of ether oxygens (including phenoxy) is 1. The Kier molecular flexibility index (Phi) is 7.35. The minimum Gasteiger partial charge on any atom is -0.383 e. The maximum absolute atomic E-state index is 13.5. The third-order valence-corrected chi connectivity index (χ3v) is 9.67. The number of sulfonamides is 1. The zero-order valence-electron chi connectivity index (χ0n) is 22.2. The third kappa shape index (κ3) is 5.29. The van der Waals surface area contributed by atoms with Crippen molar-refractivity contribution < 1.29 is 13.2 Å². The zero-order chi connectivity index (χ0) is 26.8. The number of methoxy groups -OCH3 is 1. The van der Waals surface area contributed by atoms with Crippen molar-refractivity contribution in [3.8, 4) is 11.3 Å². The molecule has 0 bridgehead atoms. The smallest absolute Gasteiger partial charge is 0.245 e. The SMILES string of the molecule is COCCN1CCc2ccc(Nc3ncc4ccc(-c5ccccc5S(=O)(=O)N5CCCC5)n4n3)cc2CC1. The van der Waals surface area contributed by atoms with Crippen LogP contribution in [0.1, 0.15) is 24.0 Å². The van der Waals surface area contributed by atoms with Crippen molar-refractivity contribution in [2.24, 2.45) is 0 Å². The molecule has 0 unspecified atom stereocenters. The fraction of sp³-hybridized carbons (Fsp3) is 0.379. The fourth-order valence-electron chi connectivity index (χ4n) is 5.56. The van der Waals surface area contributed by atoms with Gasteiger partial charge in [0.1, 0.15) is 0 Å². The fourth-order valence-corrected chi connectivity index (χ4v) is 7.27. The number of benzene rings is 2. The molecule has 0 amide bonds. The molecule has 2 aromatic carbocycles. The Balaban J connectivity index is 1.28. The van der Waals surface area contributed by atoms with Gasteiger partial charge in [0.15, 0.2) is 0 Å². The van der Waals surface area contributed by atoms with E-state index < -0.39 is 10.0 Å². The summed E-state index contributed by atoms with van der Waals surface area (Å²) in [5, 5.41) is 8.13. The van der Waals surface area contributed by atoms with E-state index in [1.165, 1.54) is 11.1 Å². The molecule has 2 aliphatic heterocycles. The number of anilines is 2. The van der Waals surface area contributed by atoms with Crippen LogP contribution in [0.4, 0.5) is 11.6 Å². The maximum atomic E-state index is 13.5. The Labute approximate surface area is 229 Å². The van der Waals surface area contributed by atoms with Crippen LogP contribution in [-0.4, -0.2) is 78.7 Å². The van der Waals surface area contributed by atoms with Gasteiger partial charge in [0.25, 0.3) is 0 Å². The van der Waals surface area contributed by atoms with Crippen LogP contribution < -0.4 is 5.32 Å². The Hall–Kier alpha value is -3.31. The highest BCUT2D eigenvalue weighted by Gasteiger charge is 2.30. The van der Waals surface area contributed by atoms with Gasteiger partial charge in [-0.1, -0.05) is 24.3 Å². The highest BCUT2D eigenvalue weighted by Crippen LogP contribution is 2.32.